The normalized spacial score (nSPS) is 21.2. The summed E-state index contributed by atoms with van der Waals surface area (Å²) in [6.45, 7) is 0. The first-order valence-corrected chi connectivity index (χ1v) is 12.8. The van der Waals surface area contributed by atoms with Gasteiger partial charge in [0.15, 0.2) is 0 Å². The Labute approximate surface area is 217 Å². The zero-order valence-corrected chi connectivity index (χ0v) is 20.6. The summed E-state index contributed by atoms with van der Waals surface area (Å²) in [5, 5.41) is 16.2. The van der Waals surface area contributed by atoms with Crippen LogP contribution in [-0.2, 0) is 11.0 Å². The molecule has 1 amide bonds. The fourth-order valence-electron chi connectivity index (χ4n) is 4.48. The van der Waals surface area contributed by atoms with Crippen molar-refractivity contribution < 1.29 is 18.0 Å². The second kappa shape index (κ2) is 10.6. The number of halogens is 3. The zero-order valence-electron chi connectivity index (χ0n) is 20.6. The highest BCUT2D eigenvalue weighted by atomic mass is 19.4. The number of hydrogen-bond donors (Lipinski definition) is 3. The molecule has 4 N–H and O–H groups in total. The third-order valence-electron chi connectivity index (χ3n) is 6.90. The third-order valence-corrected chi connectivity index (χ3v) is 6.90. The van der Waals surface area contributed by atoms with Crippen molar-refractivity contribution >= 4 is 22.9 Å². The molecule has 3 saturated carbocycles. The minimum atomic E-state index is -4.54. The number of aromatic nitrogens is 4. The number of aromatic amines is 1. The first kappa shape index (κ1) is 25.9. The highest BCUT2D eigenvalue weighted by Crippen LogP contribution is 2.35. The van der Waals surface area contributed by atoms with E-state index in [0.717, 1.165) is 63.6 Å². The van der Waals surface area contributed by atoms with Crippen LogP contribution < -0.4 is 10.6 Å². The summed E-state index contributed by atoms with van der Waals surface area (Å²) in [6, 6.07) is 3.45. The first-order chi connectivity index (χ1) is 18.2. The number of H-pyrrole nitrogens is 1. The number of hydrogen-bond acceptors (Lipinski definition) is 6. The van der Waals surface area contributed by atoms with Gasteiger partial charge in [-0.25, -0.2) is 15.0 Å². The number of alkyl halides is 3. The predicted molar refractivity (Wildman–Crippen MR) is 135 cm³/mol. The molecule has 2 atom stereocenters. The minimum Gasteiger partial charge on any atom is -0.675 e. The van der Waals surface area contributed by atoms with Crippen molar-refractivity contribution in [2.45, 2.75) is 75.7 Å². The van der Waals surface area contributed by atoms with Gasteiger partial charge in [0.2, 0.25) is 11.9 Å². The number of anilines is 1. The van der Waals surface area contributed by atoms with Gasteiger partial charge in [-0.1, -0.05) is 12.8 Å². The molecule has 0 aliphatic heterocycles. The van der Waals surface area contributed by atoms with Crippen molar-refractivity contribution in [3.8, 4) is 17.3 Å². The number of carbonyl (C=O) groups excluding carboxylic acids is 1. The first-order valence-electron chi connectivity index (χ1n) is 12.8. The van der Waals surface area contributed by atoms with Crippen LogP contribution in [0, 0.1) is 17.2 Å². The smallest absolute Gasteiger partial charge is 0.417 e. The SMILES string of the molecule is N#Cc1cnc(N[C@@H]2CCC[C@H](NC(=O)C3CC3)C2)nc1-c1c[nH]c2ncc(C(F)(F)F)cc12.[NH-]C1CC1. The van der Waals surface area contributed by atoms with Crippen LogP contribution in [0.25, 0.3) is 28.0 Å². The molecule has 0 bridgehead atoms. The molecule has 3 aliphatic carbocycles. The van der Waals surface area contributed by atoms with E-state index in [4.69, 9.17) is 5.73 Å². The van der Waals surface area contributed by atoms with Crippen molar-refractivity contribution in [2.75, 3.05) is 5.32 Å². The van der Waals surface area contributed by atoms with Crippen LogP contribution in [0.15, 0.2) is 24.7 Å². The number of nitrogens with zero attached hydrogens (tertiary/aromatic N) is 4. The monoisotopic (exact) mass is 525 g/mol. The maximum absolute atomic E-state index is 13.2. The zero-order chi connectivity index (χ0) is 26.9. The Morgan fingerprint density at radius 2 is 1.84 bits per heavy atom. The molecular weight excluding hydrogens is 497 g/mol. The highest BCUT2D eigenvalue weighted by Gasteiger charge is 2.33. The Morgan fingerprint density at radius 3 is 2.50 bits per heavy atom. The van der Waals surface area contributed by atoms with E-state index in [1.54, 1.807) is 0 Å². The summed E-state index contributed by atoms with van der Waals surface area (Å²) in [4.78, 5) is 27.5. The van der Waals surface area contributed by atoms with Crippen molar-refractivity contribution in [2.24, 2.45) is 5.92 Å². The lowest BCUT2D eigenvalue weighted by molar-refractivity contribution is -0.137. The van der Waals surface area contributed by atoms with E-state index < -0.39 is 11.7 Å². The number of pyridine rings is 1. The van der Waals surface area contributed by atoms with Gasteiger partial charge in [-0.3, -0.25) is 4.79 Å². The molecule has 0 saturated heterocycles. The third kappa shape index (κ3) is 6.22. The molecule has 38 heavy (non-hydrogen) atoms. The lowest BCUT2D eigenvalue weighted by Gasteiger charge is -2.30. The van der Waals surface area contributed by atoms with E-state index in [-0.39, 0.29) is 52.1 Å². The summed E-state index contributed by atoms with van der Waals surface area (Å²) < 4.78 is 39.7. The van der Waals surface area contributed by atoms with E-state index in [2.05, 4.69) is 30.6 Å². The standard InChI is InChI=1S/C23H22F3N7O.C3H6N/c24-23(25,26)14-6-17-18(11-29-20(17)28-10-14)19-13(8-27)9-30-22(33-19)32-16-3-1-2-15(7-16)31-21(34)12-4-5-12;4-3-1-2-3/h6,9-12,15-16H,1-5,7H2,(H,28,29)(H,31,34)(H,30,32,33);3-4H,1-2H2/q;-1/t15-,16+;/m0./s1. The number of nitrogens with one attached hydrogen (secondary N) is 4. The molecule has 0 radical (unpaired) electrons. The molecule has 3 heterocycles. The molecule has 200 valence electrons. The minimum absolute atomic E-state index is 0.0282. The van der Waals surface area contributed by atoms with Crippen LogP contribution in [0.1, 0.15) is 62.5 Å². The van der Waals surface area contributed by atoms with Crippen LogP contribution >= 0.6 is 0 Å². The lowest BCUT2D eigenvalue weighted by atomic mass is 9.91. The van der Waals surface area contributed by atoms with Crippen LogP contribution in [0.5, 0.6) is 0 Å². The Bertz CT molecular complexity index is 1360. The van der Waals surface area contributed by atoms with Crippen molar-refractivity contribution in [3.63, 3.8) is 0 Å². The van der Waals surface area contributed by atoms with Crippen LogP contribution in [-0.4, -0.2) is 44.0 Å². The number of amides is 1. The summed E-state index contributed by atoms with van der Waals surface area (Å²) in [5.41, 5.74) is 6.78. The van der Waals surface area contributed by atoms with Gasteiger partial charge in [-0.15, -0.1) is 6.04 Å². The van der Waals surface area contributed by atoms with E-state index >= 15 is 0 Å². The quantitative estimate of drug-likeness (QED) is 0.409. The van der Waals surface area contributed by atoms with Gasteiger partial charge in [0.1, 0.15) is 11.7 Å². The van der Waals surface area contributed by atoms with Crippen molar-refractivity contribution in [3.05, 3.63) is 41.5 Å². The molecular formula is C26H28F3N8O-. The summed E-state index contributed by atoms with van der Waals surface area (Å²) >= 11 is 0. The maximum Gasteiger partial charge on any atom is 0.417 e. The Balaban J connectivity index is 0.000000673. The molecule has 0 spiro atoms. The molecule has 0 aromatic carbocycles. The molecule has 12 heteroatoms. The number of rotatable bonds is 5. The van der Waals surface area contributed by atoms with Crippen LogP contribution in [0.3, 0.4) is 0 Å². The largest absolute Gasteiger partial charge is 0.675 e. The van der Waals surface area contributed by atoms with Gasteiger partial charge in [-0.05, 0) is 44.6 Å². The van der Waals surface area contributed by atoms with Crippen molar-refractivity contribution in [1.29, 1.82) is 5.26 Å². The van der Waals surface area contributed by atoms with Gasteiger partial charge in [0, 0.05) is 41.3 Å². The molecule has 3 aliphatic rings. The average Bonchev–Trinajstić information content (AvgIpc) is 3.83. The van der Waals surface area contributed by atoms with Gasteiger partial charge < -0.3 is 21.4 Å². The summed E-state index contributed by atoms with van der Waals surface area (Å²) in [6.07, 6.45) is 6.75. The van der Waals surface area contributed by atoms with Gasteiger partial charge in [0.05, 0.1) is 23.0 Å². The lowest BCUT2D eigenvalue weighted by Crippen LogP contribution is -2.42. The summed E-state index contributed by atoms with van der Waals surface area (Å²) in [7, 11) is 0. The van der Waals surface area contributed by atoms with E-state index in [1.165, 1.54) is 12.4 Å². The van der Waals surface area contributed by atoms with Gasteiger partial charge in [-0.2, -0.15) is 18.4 Å². The average molecular weight is 526 g/mol. The fraction of sp³-hybridized carbons (Fsp3) is 0.500. The second-order valence-corrected chi connectivity index (χ2v) is 10.1. The van der Waals surface area contributed by atoms with Crippen LogP contribution in [0.4, 0.5) is 19.1 Å². The van der Waals surface area contributed by atoms with Gasteiger partial charge >= 0.3 is 6.18 Å². The van der Waals surface area contributed by atoms with E-state index in [9.17, 15) is 23.2 Å². The maximum atomic E-state index is 13.2. The molecule has 6 rings (SSSR count). The van der Waals surface area contributed by atoms with Gasteiger partial charge in [0.25, 0.3) is 0 Å². The number of fused-ring (bicyclic) bond motifs is 1. The topological polar surface area (TPSA) is 143 Å². The Hall–Kier alpha value is -3.72. The number of carbonyl (C=O) groups is 1. The predicted octanol–water partition coefficient (Wildman–Crippen LogP) is 5.36. The van der Waals surface area contributed by atoms with E-state index in [1.807, 2.05) is 6.07 Å². The van der Waals surface area contributed by atoms with E-state index in [0.29, 0.717) is 11.6 Å². The molecule has 9 nitrogen and oxygen atoms in total. The van der Waals surface area contributed by atoms with Crippen molar-refractivity contribution in [1.82, 2.24) is 25.3 Å². The Morgan fingerprint density at radius 1 is 1.11 bits per heavy atom. The molecule has 3 aromatic heterocycles. The molecule has 3 fully saturated rings. The molecule has 0 unspecified atom stereocenters. The highest BCUT2D eigenvalue weighted by molar-refractivity contribution is 5.94. The molecule has 3 aromatic rings. The van der Waals surface area contributed by atoms with Crippen LogP contribution in [0.2, 0.25) is 0 Å². The summed E-state index contributed by atoms with van der Waals surface area (Å²) in [5.74, 6) is 0.553. The Kier molecular flexibility index (Phi) is 7.21. The second-order valence-electron chi connectivity index (χ2n) is 10.1. The fourth-order valence-corrected chi connectivity index (χ4v) is 4.48. The number of nitriles is 1.